The van der Waals surface area contributed by atoms with Gasteiger partial charge in [0.2, 0.25) is 5.82 Å². The Kier molecular flexibility index (Phi) is 4.78. The highest BCUT2D eigenvalue weighted by Gasteiger charge is 2.11. The van der Waals surface area contributed by atoms with Crippen LogP contribution in [0, 0.1) is 0 Å². The summed E-state index contributed by atoms with van der Waals surface area (Å²) in [6.07, 6.45) is 5.09. The van der Waals surface area contributed by atoms with Crippen molar-refractivity contribution in [3.8, 4) is 17.1 Å². The number of aromatic nitrogens is 4. The number of piperidine rings is 1. The van der Waals surface area contributed by atoms with E-state index in [4.69, 9.17) is 4.74 Å². The summed E-state index contributed by atoms with van der Waals surface area (Å²) in [7, 11) is 0. The highest BCUT2D eigenvalue weighted by Crippen LogP contribution is 2.26. The smallest absolute Gasteiger partial charge is 0.208 e. The molecular weight excluding hydrogens is 266 g/mol. The van der Waals surface area contributed by atoms with Crippen molar-refractivity contribution < 1.29 is 4.74 Å². The summed E-state index contributed by atoms with van der Waals surface area (Å²) in [4.78, 5) is 2.53. The normalized spacial score (nSPS) is 16.0. The molecule has 1 aromatic carbocycles. The molecule has 6 nitrogen and oxygen atoms in total. The number of hydrogen-bond acceptors (Lipinski definition) is 5. The average molecular weight is 287 g/mol. The Balaban J connectivity index is 1.51. The second-order valence-electron chi connectivity index (χ2n) is 5.34. The molecule has 21 heavy (non-hydrogen) atoms. The minimum Gasteiger partial charge on any atom is -0.493 e. The lowest BCUT2D eigenvalue weighted by molar-refractivity contribution is 0.205. The number of nitrogens with zero attached hydrogens (tertiary/aromatic N) is 4. The summed E-state index contributed by atoms with van der Waals surface area (Å²) in [5.41, 5.74) is 0.879. The fourth-order valence-electron chi connectivity index (χ4n) is 2.71. The molecular formula is C15H21N5O. The molecule has 0 amide bonds. The Morgan fingerprint density at radius 3 is 2.81 bits per heavy atom. The van der Waals surface area contributed by atoms with Crippen molar-refractivity contribution in [3.63, 3.8) is 0 Å². The van der Waals surface area contributed by atoms with Crippen LogP contribution < -0.4 is 4.74 Å². The van der Waals surface area contributed by atoms with Gasteiger partial charge in [0.05, 0.1) is 12.2 Å². The fourth-order valence-corrected chi connectivity index (χ4v) is 2.71. The quantitative estimate of drug-likeness (QED) is 0.824. The molecule has 1 N–H and O–H groups in total. The van der Waals surface area contributed by atoms with Crippen molar-refractivity contribution in [2.75, 3.05) is 26.2 Å². The van der Waals surface area contributed by atoms with Gasteiger partial charge in [0.25, 0.3) is 0 Å². The first-order chi connectivity index (χ1) is 10.4. The summed E-state index contributed by atoms with van der Waals surface area (Å²) in [5.74, 6) is 1.39. The highest BCUT2D eigenvalue weighted by molar-refractivity contribution is 5.63. The molecule has 1 saturated heterocycles. The van der Waals surface area contributed by atoms with E-state index < -0.39 is 0 Å². The van der Waals surface area contributed by atoms with Crippen LogP contribution in [-0.4, -0.2) is 51.8 Å². The average Bonchev–Trinajstić information content (AvgIpc) is 3.07. The van der Waals surface area contributed by atoms with Crippen LogP contribution in [-0.2, 0) is 0 Å². The number of nitrogens with one attached hydrogen (secondary N) is 1. The summed E-state index contributed by atoms with van der Waals surface area (Å²) in [5, 5.41) is 14.1. The maximum Gasteiger partial charge on any atom is 0.208 e. The van der Waals surface area contributed by atoms with E-state index in [1.165, 1.54) is 32.4 Å². The van der Waals surface area contributed by atoms with Crippen LogP contribution in [0.2, 0.25) is 0 Å². The van der Waals surface area contributed by atoms with Crippen molar-refractivity contribution in [3.05, 3.63) is 24.3 Å². The molecule has 6 heteroatoms. The topological polar surface area (TPSA) is 66.9 Å². The molecule has 1 aliphatic heterocycles. The van der Waals surface area contributed by atoms with E-state index in [0.717, 1.165) is 24.3 Å². The molecule has 0 saturated carbocycles. The predicted octanol–water partition coefficient (Wildman–Crippen LogP) is 2.12. The standard InChI is InChI=1S/C15H21N5O/c1-4-9-20(10-5-1)11-6-12-21-14-8-3-2-7-13(14)15-16-18-19-17-15/h2-3,7-8H,1,4-6,9-12H2,(H,16,17,18,19). The lowest BCUT2D eigenvalue weighted by Gasteiger charge is -2.26. The molecule has 0 aliphatic carbocycles. The van der Waals surface area contributed by atoms with E-state index >= 15 is 0 Å². The second-order valence-corrected chi connectivity index (χ2v) is 5.34. The summed E-state index contributed by atoms with van der Waals surface area (Å²) in [6, 6.07) is 7.81. The Labute approximate surface area is 124 Å². The van der Waals surface area contributed by atoms with Gasteiger partial charge in [0.15, 0.2) is 0 Å². The van der Waals surface area contributed by atoms with Crippen molar-refractivity contribution in [2.24, 2.45) is 0 Å². The number of para-hydroxylation sites is 1. The van der Waals surface area contributed by atoms with E-state index in [2.05, 4.69) is 25.5 Å². The van der Waals surface area contributed by atoms with Gasteiger partial charge in [-0.3, -0.25) is 0 Å². The van der Waals surface area contributed by atoms with E-state index in [1.807, 2.05) is 24.3 Å². The van der Waals surface area contributed by atoms with Gasteiger partial charge in [-0.05, 0) is 49.7 Å². The number of likely N-dealkylation sites (tertiary alicyclic amines) is 1. The first kappa shape index (κ1) is 14.0. The van der Waals surface area contributed by atoms with Crippen LogP contribution in [0.3, 0.4) is 0 Å². The highest BCUT2D eigenvalue weighted by atomic mass is 16.5. The number of tetrazole rings is 1. The molecule has 112 valence electrons. The molecule has 0 bridgehead atoms. The molecule has 0 unspecified atom stereocenters. The minimum absolute atomic E-state index is 0.571. The lowest BCUT2D eigenvalue weighted by atomic mass is 10.1. The fraction of sp³-hybridized carbons (Fsp3) is 0.533. The van der Waals surface area contributed by atoms with Gasteiger partial charge in [0, 0.05) is 6.54 Å². The maximum absolute atomic E-state index is 5.90. The third kappa shape index (κ3) is 3.78. The molecule has 2 heterocycles. The van der Waals surface area contributed by atoms with Crippen molar-refractivity contribution in [1.29, 1.82) is 0 Å². The summed E-state index contributed by atoms with van der Waals surface area (Å²) >= 11 is 0. The zero-order valence-corrected chi connectivity index (χ0v) is 12.2. The lowest BCUT2D eigenvalue weighted by Crippen LogP contribution is -2.31. The third-order valence-corrected chi connectivity index (χ3v) is 3.80. The van der Waals surface area contributed by atoms with E-state index in [0.29, 0.717) is 12.4 Å². The van der Waals surface area contributed by atoms with Gasteiger partial charge in [-0.2, -0.15) is 5.21 Å². The van der Waals surface area contributed by atoms with Crippen LogP contribution in [0.4, 0.5) is 0 Å². The van der Waals surface area contributed by atoms with Gasteiger partial charge < -0.3 is 9.64 Å². The Morgan fingerprint density at radius 1 is 1.14 bits per heavy atom. The van der Waals surface area contributed by atoms with Gasteiger partial charge in [0.1, 0.15) is 5.75 Å². The van der Waals surface area contributed by atoms with Crippen LogP contribution >= 0.6 is 0 Å². The number of hydrogen-bond donors (Lipinski definition) is 1. The number of rotatable bonds is 6. The van der Waals surface area contributed by atoms with Gasteiger partial charge >= 0.3 is 0 Å². The first-order valence-corrected chi connectivity index (χ1v) is 7.61. The largest absolute Gasteiger partial charge is 0.493 e. The second kappa shape index (κ2) is 7.17. The van der Waals surface area contributed by atoms with Gasteiger partial charge in [-0.1, -0.05) is 18.6 Å². The van der Waals surface area contributed by atoms with Crippen LogP contribution in [0.15, 0.2) is 24.3 Å². The summed E-state index contributed by atoms with van der Waals surface area (Å²) < 4.78 is 5.90. The van der Waals surface area contributed by atoms with E-state index in [-0.39, 0.29) is 0 Å². The first-order valence-electron chi connectivity index (χ1n) is 7.61. The van der Waals surface area contributed by atoms with Gasteiger partial charge in [-0.25, -0.2) is 0 Å². The molecule has 0 radical (unpaired) electrons. The molecule has 1 fully saturated rings. The van der Waals surface area contributed by atoms with E-state index in [1.54, 1.807) is 0 Å². The number of ether oxygens (including phenoxy) is 1. The third-order valence-electron chi connectivity index (χ3n) is 3.80. The summed E-state index contributed by atoms with van der Waals surface area (Å²) in [6.45, 7) is 4.30. The number of H-pyrrole nitrogens is 1. The Bertz CT molecular complexity index is 537. The monoisotopic (exact) mass is 287 g/mol. The van der Waals surface area contributed by atoms with Gasteiger partial charge in [-0.15, -0.1) is 10.2 Å². The van der Waals surface area contributed by atoms with Crippen molar-refractivity contribution in [2.45, 2.75) is 25.7 Å². The van der Waals surface area contributed by atoms with Crippen LogP contribution in [0.5, 0.6) is 5.75 Å². The zero-order valence-electron chi connectivity index (χ0n) is 12.2. The van der Waals surface area contributed by atoms with Crippen molar-refractivity contribution >= 4 is 0 Å². The van der Waals surface area contributed by atoms with E-state index in [9.17, 15) is 0 Å². The Hall–Kier alpha value is -1.95. The van der Waals surface area contributed by atoms with Crippen LogP contribution in [0.25, 0.3) is 11.4 Å². The Morgan fingerprint density at radius 2 is 2.00 bits per heavy atom. The molecule has 1 aromatic heterocycles. The molecule has 0 atom stereocenters. The van der Waals surface area contributed by atoms with Crippen molar-refractivity contribution in [1.82, 2.24) is 25.5 Å². The predicted molar refractivity (Wildman–Crippen MR) is 80.0 cm³/mol. The molecule has 1 aliphatic rings. The minimum atomic E-state index is 0.571. The molecule has 2 aromatic rings. The molecule has 0 spiro atoms. The zero-order chi connectivity index (χ0) is 14.3. The number of aromatic amines is 1. The SMILES string of the molecule is c1ccc(-c2nn[nH]n2)c(OCCCN2CCCCC2)c1. The van der Waals surface area contributed by atoms with Crippen LogP contribution in [0.1, 0.15) is 25.7 Å². The maximum atomic E-state index is 5.90. The molecule has 3 rings (SSSR count). The number of benzene rings is 1.